The summed E-state index contributed by atoms with van der Waals surface area (Å²) in [5.74, 6) is 0. The highest BCUT2D eigenvalue weighted by atomic mass is 19.4. The summed E-state index contributed by atoms with van der Waals surface area (Å²) in [4.78, 5) is 14.1. The molecule has 5 nitrogen and oxygen atoms in total. The Morgan fingerprint density at radius 1 is 0.833 bits per heavy atom. The highest BCUT2D eigenvalue weighted by molar-refractivity contribution is 6.02. The number of nitrogens with one attached hydrogen (secondary N) is 2. The molecule has 2 aromatic carbocycles. The molecule has 30 heavy (non-hydrogen) atoms. The first kappa shape index (κ1) is 21.8. The zero-order valence-electron chi connectivity index (χ0n) is 15.4. The molecule has 1 saturated heterocycles. The van der Waals surface area contributed by atoms with E-state index in [0.717, 1.165) is 36.4 Å². The number of alkyl halides is 6. The summed E-state index contributed by atoms with van der Waals surface area (Å²) in [5, 5.41) is 4.67. The van der Waals surface area contributed by atoms with E-state index < -0.39 is 29.5 Å². The molecular formula is C19H17F6N3O2. The third-order valence-electron chi connectivity index (χ3n) is 4.39. The second-order valence-electron chi connectivity index (χ2n) is 6.48. The van der Waals surface area contributed by atoms with Crippen molar-refractivity contribution in [1.29, 1.82) is 0 Å². The van der Waals surface area contributed by atoms with Crippen molar-refractivity contribution in [2.45, 2.75) is 12.4 Å². The van der Waals surface area contributed by atoms with Crippen molar-refractivity contribution in [3.63, 3.8) is 0 Å². The van der Waals surface area contributed by atoms with Crippen LogP contribution in [0.5, 0.6) is 0 Å². The first-order valence-electron chi connectivity index (χ1n) is 8.83. The van der Waals surface area contributed by atoms with Gasteiger partial charge in [-0.25, -0.2) is 4.79 Å². The van der Waals surface area contributed by atoms with Crippen LogP contribution in [-0.4, -0.2) is 32.3 Å². The lowest BCUT2D eigenvalue weighted by Crippen LogP contribution is -2.37. The molecule has 1 heterocycles. The Hall–Kier alpha value is -2.95. The number of benzene rings is 2. The molecule has 2 amide bonds. The van der Waals surface area contributed by atoms with Gasteiger partial charge in [0, 0.05) is 18.8 Å². The predicted molar refractivity (Wildman–Crippen MR) is 98.6 cm³/mol. The summed E-state index contributed by atoms with van der Waals surface area (Å²) in [6, 6.07) is 5.80. The van der Waals surface area contributed by atoms with Gasteiger partial charge in [0.05, 0.1) is 35.7 Å². The maximum Gasteiger partial charge on any atom is 0.416 e. The third kappa shape index (κ3) is 5.35. The molecule has 1 aliphatic rings. The first-order valence-corrected chi connectivity index (χ1v) is 8.83. The van der Waals surface area contributed by atoms with Crippen LogP contribution >= 0.6 is 0 Å². The smallest absolute Gasteiger partial charge is 0.378 e. The Kier molecular flexibility index (Phi) is 6.11. The number of anilines is 3. The van der Waals surface area contributed by atoms with Crippen LogP contribution in [0.15, 0.2) is 42.5 Å². The maximum absolute atomic E-state index is 13.1. The lowest BCUT2D eigenvalue weighted by Gasteiger charge is -2.31. The zero-order chi connectivity index (χ0) is 21.9. The Morgan fingerprint density at radius 2 is 1.40 bits per heavy atom. The number of carbonyl (C=O) groups is 1. The molecule has 3 rings (SSSR count). The molecule has 0 radical (unpaired) electrons. The second-order valence-corrected chi connectivity index (χ2v) is 6.48. The maximum atomic E-state index is 13.1. The molecular weight excluding hydrogens is 416 g/mol. The van der Waals surface area contributed by atoms with Crippen molar-refractivity contribution < 1.29 is 35.9 Å². The summed E-state index contributed by atoms with van der Waals surface area (Å²) < 4.78 is 82.4. The summed E-state index contributed by atoms with van der Waals surface area (Å²) in [6.45, 7) is 1.64. The van der Waals surface area contributed by atoms with E-state index in [2.05, 4.69) is 10.6 Å². The molecule has 0 unspecified atom stereocenters. The van der Waals surface area contributed by atoms with Crippen molar-refractivity contribution in [2.24, 2.45) is 0 Å². The number of nitrogens with zero attached hydrogens (tertiary/aromatic N) is 1. The minimum atomic E-state index is -4.61. The molecule has 0 saturated carbocycles. The molecule has 162 valence electrons. The highest BCUT2D eigenvalue weighted by Crippen LogP contribution is 2.36. The van der Waals surface area contributed by atoms with Gasteiger partial charge in [0.2, 0.25) is 0 Å². The van der Waals surface area contributed by atoms with Gasteiger partial charge in [0.1, 0.15) is 0 Å². The van der Waals surface area contributed by atoms with Gasteiger partial charge in [-0.05, 0) is 42.5 Å². The fourth-order valence-electron chi connectivity index (χ4n) is 2.92. The van der Waals surface area contributed by atoms with E-state index in [1.165, 1.54) is 6.07 Å². The van der Waals surface area contributed by atoms with Crippen LogP contribution in [0.25, 0.3) is 0 Å². The SMILES string of the molecule is O=C(Nc1ccc(C(F)(F)F)cc1)Nc1cc(C(F)(F)F)ccc1N1CCOCC1. The van der Waals surface area contributed by atoms with Crippen molar-refractivity contribution in [3.8, 4) is 0 Å². The lowest BCUT2D eigenvalue weighted by atomic mass is 10.1. The first-order chi connectivity index (χ1) is 14.0. The standard InChI is InChI=1S/C19H17F6N3O2/c20-18(21,22)12-1-4-14(5-2-12)26-17(29)27-15-11-13(19(23,24)25)3-6-16(15)28-7-9-30-10-8-28/h1-6,11H,7-10H2,(H2,26,27,29). The fraction of sp³-hybridized carbons (Fsp3) is 0.316. The molecule has 0 spiro atoms. The number of hydrogen-bond donors (Lipinski definition) is 2. The van der Waals surface area contributed by atoms with E-state index in [-0.39, 0.29) is 11.4 Å². The van der Waals surface area contributed by atoms with Gasteiger partial charge >= 0.3 is 18.4 Å². The molecule has 11 heteroatoms. The Morgan fingerprint density at radius 3 is 1.97 bits per heavy atom. The van der Waals surface area contributed by atoms with Crippen LogP contribution in [0.2, 0.25) is 0 Å². The number of rotatable bonds is 3. The summed E-state index contributed by atoms with van der Waals surface area (Å²) in [5.41, 5.74) is -1.46. The van der Waals surface area contributed by atoms with Gasteiger partial charge in [0.25, 0.3) is 0 Å². The Balaban J connectivity index is 1.80. The Bertz CT molecular complexity index is 891. The van der Waals surface area contributed by atoms with Crippen LogP contribution in [0.3, 0.4) is 0 Å². The van der Waals surface area contributed by atoms with Crippen LogP contribution in [0.4, 0.5) is 48.2 Å². The molecule has 1 fully saturated rings. The van der Waals surface area contributed by atoms with Crippen molar-refractivity contribution in [3.05, 3.63) is 53.6 Å². The summed E-state index contributed by atoms with van der Waals surface area (Å²) in [6.07, 6.45) is -9.13. The minimum Gasteiger partial charge on any atom is -0.378 e. The number of ether oxygens (including phenoxy) is 1. The fourth-order valence-corrected chi connectivity index (χ4v) is 2.92. The van der Waals surface area contributed by atoms with E-state index in [9.17, 15) is 31.1 Å². The molecule has 2 N–H and O–H groups in total. The number of urea groups is 1. The molecule has 0 aromatic heterocycles. The van der Waals surface area contributed by atoms with Gasteiger partial charge in [-0.3, -0.25) is 0 Å². The molecule has 0 aliphatic carbocycles. The van der Waals surface area contributed by atoms with Gasteiger partial charge < -0.3 is 20.3 Å². The van der Waals surface area contributed by atoms with Gasteiger partial charge in [-0.15, -0.1) is 0 Å². The summed E-state index contributed by atoms with van der Waals surface area (Å²) in [7, 11) is 0. The summed E-state index contributed by atoms with van der Waals surface area (Å²) >= 11 is 0. The lowest BCUT2D eigenvalue weighted by molar-refractivity contribution is -0.138. The average Bonchev–Trinajstić information content (AvgIpc) is 2.67. The molecule has 2 aromatic rings. The largest absolute Gasteiger partial charge is 0.416 e. The van der Waals surface area contributed by atoms with Crippen LogP contribution < -0.4 is 15.5 Å². The highest BCUT2D eigenvalue weighted by Gasteiger charge is 2.32. The van der Waals surface area contributed by atoms with Crippen LogP contribution in [0.1, 0.15) is 11.1 Å². The van der Waals surface area contributed by atoms with Crippen LogP contribution in [0, 0.1) is 0 Å². The quantitative estimate of drug-likeness (QED) is 0.654. The topological polar surface area (TPSA) is 53.6 Å². The molecule has 0 atom stereocenters. The van der Waals surface area contributed by atoms with Crippen LogP contribution in [-0.2, 0) is 17.1 Å². The number of morpholine rings is 1. The number of halogens is 6. The minimum absolute atomic E-state index is 0.0559. The van der Waals surface area contributed by atoms with Gasteiger partial charge in [-0.1, -0.05) is 0 Å². The third-order valence-corrected chi connectivity index (χ3v) is 4.39. The zero-order valence-corrected chi connectivity index (χ0v) is 15.4. The monoisotopic (exact) mass is 433 g/mol. The predicted octanol–water partition coefficient (Wildman–Crippen LogP) is 5.20. The van der Waals surface area contributed by atoms with Gasteiger partial charge in [0.15, 0.2) is 0 Å². The van der Waals surface area contributed by atoms with E-state index in [4.69, 9.17) is 4.74 Å². The van der Waals surface area contributed by atoms with E-state index >= 15 is 0 Å². The van der Waals surface area contributed by atoms with E-state index in [0.29, 0.717) is 32.0 Å². The molecule has 0 bridgehead atoms. The van der Waals surface area contributed by atoms with Gasteiger partial charge in [-0.2, -0.15) is 26.3 Å². The van der Waals surface area contributed by atoms with E-state index in [1.54, 1.807) is 4.90 Å². The number of hydrogen-bond acceptors (Lipinski definition) is 3. The van der Waals surface area contributed by atoms with Crippen molar-refractivity contribution >= 4 is 23.1 Å². The number of carbonyl (C=O) groups excluding carboxylic acids is 1. The number of amides is 2. The second kappa shape index (κ2) is 8.42. The molecule has 1 aliphatic heterocycles. The van der Waals surface area contributed by atoms with E-state index in [1.807, 2.05) is 0 Å². The van der Waals surface area contributed by atoms with Crippen molar-refractivity contribution in [1.82, 2.24) is 0 Å². The normalized spacial score (nSPS) is 15.1. The Labute approximate surface area is 167 Å². The average molecular weight is 433 g/mol. The van der Waals surface area contributed by atoms with Crippen molar-refractivity contribution in [2.75, 3.05) is 41.8 Å².